The van der Waals surface area contributed by atoms with Crippen molar-refractivity contribution in [3.05, 3.63) is 95.1 Å². The predicted octanol–water partition coefficient (Wildman–Crippen LogP) is 5.29. The van der Waals surface area contributed by atoms with Crippen LogP contribution in [0.2, 0.25) is 0 Å². The first-order valence-electron chi connectivity index (χ1n) is 11.0. The first-order valence-corrected chi connectivity index (χ1v) is 11.0. The summed E-state index contributed by atoms with van der Waals surface area (Å²) in [6.07, 6.45) is 1.94. The van der Waals surface area contributed by atoms with Crippen molar-refractivity contribution >= 4 is 23.2 Å². The molecule has 3 aromatic carbocycles. The normalized spacial score (nSPS) is 15.8. The van der Waals surface area contributed by atoms with Crippen LogP contribution in [0.1, 0.15) is 50.7 Å². The third-order valence-corrected chi connectivity index (χ3v) is 6.10. The molecule has 32 heavy (non-hydrogen) atoms. The molecule has 0 radical (unpaired) electrons. The van der Waals surface area contributed by atoms with Gasteiger partial charge < -0.3 is 15.1 Å². The summed E-state index contributed by atoms with van der Waals surface area (Å²) in [5.41, 5.74) is 5.04. The second kappa shape index (κ2) is 9.37. The van der Waals surface area contributed by atoms with E-state index in [0.717, 1.165) is 29.8 Å². The molecule has 1 N–H and O–H groups in total. The maximum Gasteiger partial charge on any atom is 0.258 e. The molecule has 0 fully saturated rings. The molecule has 0 aliphatic carbocycles. The largest absolute Gasteiger partial charge is 0.322 e. The number of para-hydroxylation sites is 2. The van der Waals surface area contributed by atoms with Crippen molar-refractivity contribution < 1.29 is 9.59 Å². The number of aryl methyl sites for hydroxylation is 1. The molecule has 0 saturated heterocycles. The van der Waals surface area contributed by atoms with Gasteiger partial charge in [0.05, 0.1) is 0 Å². The number of nitrogens with one attached hydrogen (secondary N) is 1. The first-order chi connectivity index (χ1) is 15.5. The van der Waals surface area contributed by atoms with Crippen molar-refractivity contribution in [1.29, 1.82) is 0 Å². The van der Waals surface area contributed by atoms with E-state index in [9.17, 15) is 9.59 Å². The van der Waals surface area contributed by atoms with Gasteiger partial charge in [-0.3, -0.25) is 9.59 Å². The van der Waals surface area contributed by atoms with Crippen molar-refractivity contribution in [1.82, 2.24) is 4.90 Å². The van der Waals surface area contributed by atoms with Crippen molar-refractivity contribution in [2.75, 3.05) is 30.9 Å². The Morgan fingerprint density at radius 3 is 2.28 bits per heavy atom. The topological polar surface area (TPSA) is 52.7 Å². The standard InChI is InChI=1S/C27H29N3O2/c1-19-9-4-6-11-23(19)28-26(31)20-14-16-21(17-15-20)27(32)30-18-8-13-24(29(2)3)22-10-5-7-12-25(22)30/h4-7,9-12,14-17,24H,8,13,18H2,1-3H3,(H,28,31). The minimum absolute atomic E-state index is 0.0391. The van der Waals surface area contributed by atoms with Crippen LogP contribution < -0.4 is 10.2 Å². The van der Waals surface area contributed by atoms with E-state index in [4.69, 9.17) is 0 Å². The van der Waals surface area contributed by atoms with E-state index in [0.29, 0.717) is 17.7 Å². The molecular formula is C27H29N3O2. The quantitative estimate of drug-likeness (QED) is 0.615. The Bertz CT molecular complexity index is 1120. The summed E-state index contributed by atoms with van der Waals surface area (Å²) >= 11 is 0. The number of carbonyl (C=O) groups is 2. The zero-order chi connectivity index (χ0) is 22.7. The van der Waals surface area contributed by atoms with Crippen molar-refractivity contribution in [3.8, 4) is 0 Å². The van der Waals surface area contributed by atoms with E-state index in [1.54, 1.807) is 24.3 Å². The number of nitrogens with zero attached hydrogens (tertiary/aromatic N) is 2. The average Bonchev–Trinajstić information content (AvgIpc) is 3.00. The zero-order valence-electron chi connectivity index (χ0n) is 18.8. The summed E-state index contributed by atoms with van der Waals surface area (Å²) < 4.78 is 0. The van der Waals surface area contributed by atoms with Gasteiger partial charge in [0.2, 0.25) is 0 Å². The van der Waals surface area contributed by atoms with Crippen LogP contribution in [-0.4, -0.2) is 37.4 Å². The van der Waals surface area contributed by atoms with Gasteiger partial charge in [-0.25, -0.2) is 0 Å². The van der Waals surface area contributed by atoms with Crippen LogP contribution in [0.3, 0.4) is 0 Å². The first kappa shape index (κ1) is 21.8. The van der Waals surface area contributed by atoms with Crippen LogP contribution in [-0.2, 0) is 0 Å². The summed E-state index contributed by atoms with van der Waals surface area (Å²) in [6, 6.07) is 23.0. The number of amides is 2. The molecule has 2 amide bonds. The molecule has 1 unspecified atom stereocenters. The molecule has 0 spiro atoms. The molecule has 1 heterocycles. The van der Waals surface area contributed by atoms with Crippen molar-refractivity contribution in [3.63, 3.8) is 0 Å². The molecule has 0 saturated carbocycles. The Kier molecular flexibility index (Phi) is 6.37. The Hall–Kier alpha value is -3.44. The van der Waals surface area contributed by atoms with Crippen LogP contribution in [0, 0.1) is 6.92 Å². The van der Waals surface area contributed by atoms with E-state index in [2.05, 4.69) is 30.4 Å². The number of benzene rings is 3. The molecule has 1 atom stereocenters. The van der Waals surface area contributed by atoms with Gasteiger partial charge >= 0.3 is 0 Å². The maximum absolute atomic E-state index is 13.4. The minimum Gasteiger partial charge on any atom is -0.322 e. The number of carbonyl (C=O) groups excluding carboxylic acids is 2. The maximum atomic E-state index is 13.4. The fourth-order valence-electron chi connectivity index (χ4n) is 4.31. The van der Waals surface area contributed by atoms with Crippen LogP contribution >= 0.6 is 0 Å². The summed E-state index contributed by atoms with van der Waals surface area (Å²) in [4.78, 5) is 30.2. The molecule has 164 valence electrons. The number of hydrogen-bond acceptors (Lipinski definition) is 3. The van der Waals surface area contributed by atoms with E-state index in [1.165, 1.54) is 5.56 Å². The number of fused-ring (bicyclic) bond motifs is 1. The second-order valence-electron chi connectivity index (χ2n) is 8.48. The van der Waals surface area contributed by atoms with Crippen molar-refractivity contribution in [2.24, 2.45) is 0 Å². The van der Waals surface area contributed by atoms with Gasteiger partial charge in [-0.05, 0) is 81.4 Å². The van der Waals surface area contributed by atoms with Crippen LogP contribution in [0.25, 0.3) is 0 Å². The molecule has 5 nitrogen and oxygen atoms in total. The number of hydrogen-bond donors (Lipinski definition) is 1. The van der Waals surface area contributed by atoms with Gasteiger partial charge in [-0.1, -0.05) is 36.4 Å². The van der Waals surface area contributed by atoms with Crippen molar-refractivity contribution in [2.45, 2.75) is 25.8 Å². The molecule has 0 bridgehead atoms. The predicted molar refractivity (Wildman–Crippen MR) is 129 cm³/mol. The third-order valence-electron chi connectivity index (χ3n) is 6.10. The lowest BCUT2D eigenvalue weighted by Gasteiger charge is -2.27. The lowest BCUT2D eigenvalue weighted by Crippen LogP contribution is -2.32. The van der Waals surface area contributed by atoms with Gasteiger partial charge in [0.15, 0.2) is 0 Å². The second-order valence-corrected chi connectivity index (χ2v) is 8.48. The SMILES string of the molecule is Cc1ccccc1NC(=O)c1ccc(C(=O)N2CCCC(N(C)C)c3ccccc32)cc1. The highest BCUT2D eigenvalue weighted by Gasteiger charge is 2.28. The fourth-order valence-corrected chi connectivity index (χ4v) is 4.31. The van der Waals surface area contributed by atoms with Gasteiger partial charge in [0.25, 0.3) is 11.8 Å². The van der Waals surface area contributed by atoms with Crippen LogP contribution in [0.15, 0.2) is 72.8 Å². The molecule has 4 rings (SSSR count). The number of anilines is 2. The van der Waals surface area contributed by atoms with E-state index in [1.807, 2.05) is 54.3 Å². The van der Waals surface area contributed by atoms with Gasteiger partial charge in [0, 0.05) is 35.1 Å². The molecule has 3 aromatic rings. The summed E-state index contributed by atoms with van der Waals surface area (Å²) in [5, 5.41) is 2.94. The van der Waals surface area contributed by atoms with E-state index >= 15 is 0 Å². The third kappa shape index (κ3) is 4.43. The lowest BCUT2D eigenvalue weighted by atomic mass is 10.0. The fraction of sp³-hybridized carbons (Fsp3) is 0.259. The minimum atomic E-state index is -0.188. The molecule has 5 heteroatoms. The van der Waals surface area contributed by atoms with Gasteiger partial charge in [-0.15, -0.1) is 0 Å². The Morgan fingerprint density at radius 1 is 0.906 bits per heavy atom. The Morgan fingerprint density at radius 2 is 1.56 bits per heavy atom. The molecule has 1 aliphatic rings. The zero-order valence-corrected chi connectivity index (χ0v) is 18.8. The molecular weight excluding hydrogens is 398 g/mol. The van der Waals surface area contributed by atoms with Gasteiger partial charge in [-0.2, -0.15) is 0 Å². The Balaban J connectivity index is 1.55. The highest BCUT2D eigenvalue weighted by Crippen LogP contribution is 2.36. The summed E-state index contributed by atoms with van der Waals surface area (Å²) in [5.74, 6) is -0.227. The van der Waals surface area contributed by atoms with Crippen LogP contribution in [0.5, 0.6) is 0 Å². The Labute approximate surface area is 189 Å². The average molecular weight is 428 g/mol. The molecule has 1 aliphatic heterocycles. The van der Waals surface area contributed by atoms with E-state index < -0.39 is 0 Å². The highest BCUT2D eigenvalue weighted by atomic mass is 16.2. The smallest absolute Gasteiger partial charge is 0.258 e. The van der Waals surface area contributed by atoms with Crippen LogP contribution in [0.4, 0.5) is 11.4 Å². The monoisotopic (exact) mass is 427 g/mol. The molecule has 0 aromatic heterocycles. The lowest BCUT2D eigenvalue weighted by molar-refractivity contribution is 0.0983. The highest BCUT2D eigenvalue weighted by molar-refractivity contribution is 6.08. The van der Waals surface area contributed by atoms with E-state index in [-0.39, 0.29) is 17.9 Å². The summed E-state index contributed by atoms with van der Waals surface area (Å²) in [6.45, 7) is 2.63. The number of rotatable bonds is 4. The van der Waals surface area contributed by atoms with Gasteiger partial charge in [0.1, 0.15) is 0 Å². The summed E-state index contributed by atoms with van der Waals surface area (Å²) in [7, 11) is 4.17.